The highest BCUT2D eigenvalue weighted by Crippen LogP contribution is 2.24. The van der Waals surface area contributed by atoms with Gasteiger partial charge in [0, 0.05) is 6.54 Å². The molecular weight excluding hydrogens is 184 g/mol. The minimum absolute atomic E-state index is 0.156. The van der Waals surface area contributed by atoms with E-state index in [4.69, 9.17) is 11.0 Å². The van der Waals surface area contributed by atoms with Gasteiger partial charge in [-0.15, -0.1) is 0 Å². The molecule has 2 nitrogen and oxygen atoms in total. The Hall–Kier alpha value is -1.33. The second-order valence-corrected chi connectivity index (χ2v) is 4.79. The SMILES string of the molecule is CC(C)(C)c1ccc(C(C#N)CN)cc1. The third-order valence-electron chi connectivity index (χ3n) is 2.57. The summed E-state index contributed by atoms with van der Waals surface area (Å²) in [7, 11) is 0. The summed E-state index contributed by atoms with van der Waals surface area (Å²) < 4.78 is 0. The van der Waals surface area contributed by atoms with Crippen molar-refractivity contribution >= 4 is 0 Å². The van der Waals surface area contributed by atoms with Crippen molar-refractivity contribution in [3.8, 4) is 6.07 Å². The van der Waals surface area contributed by atoms with E-state index in [9.17, 15) is 0 Å². The zero-order valence-corrected chi connectivity index (χ0v) is 9.62. The molecule has 1 aromatic rings. The summed E-state index contributed by atoms with van der Waals surface area (Å²) in [6.45, 7) is 6.90. The molecule has 2 N–H and O–H groups in total. The van der Waals surface area contributed by atoms with Crippen molar-refractivity contribution in [3.63, 3.8) is 0 Å². The first-order valence-electron chi connectivity index (χ1n) is 5.19. The minimum Gasteiger partial charge on any atom is -0.329 e. The van der Waals surface area contributed by atoms with Crippen molar-refractivity contribution in [2.45, 2.75) is 32.1 Å². The molecule has 2 heteroatoms. The lowest BCUT2D eigenvalue weighted by Crippen LogP contribution is -2.13. The highest BCUT2D eigenvalue weighted by molar-refractivity contribution is 5.32. The fourth-order valence-electron chi connectivity index (χ4n) is 1.48. The monoisotopic (exact) mass is 202 g/mol. The standard InChI is InChI=1S/C13H18N2/c1-13(2,3)12-6-4-10(5-7-12)11(8-14)9-15/h4-7,11H,8,14H2,1-3H3. The lowest BCUT2D eigenvalue weighted by Gasteiger charge is -2.19. The molecule has 1 atom stereocenters. The summed E-state index contributed by atoms with van der Waals surface area (Å²) in [4.78, 5) is 0. The van der Waals surface area contributed by atoms with Gasteiger partial charge in [0.15, 0.2) is 0 Å². The Balaban J connectivity index is 2.96. The van der Waals surface area contributed by atoms with Crippen molar-refractivity contribution in [1.29, 1.82) is 5.26 Å². The van der Waals surface area contributed by atoms with Gasteiger partial charge in [-0.3, -0.25) is 0 Å². The van der Waals surface area contributed by atoms with Crippen LogP contribution in [0.2, 0.25) is 0 Å². The van der Waals surface area contributed by atoms with Gasteiger partial charge < -0.3 is 5.73 Å². The Labute approximate surface area is 91.7 Å². The third kappa shape index (κ3) is 2.81. The predicted octanol–water partition coefficient (Wildman–Crippen LogP) is 2.55. The Morgan fingerprint density at radius 3 is 2.13 bits per heavy atom. The van der Waals surface area contributed by atoms with E-state index in [2.05, 4.69) is 39.0 Å². The molecule has 15 heavy (non-hydrogen) atoms. The average Bonchev–Trinajstić information content (AvgIpc) is 2.19. The predicted molar refractivity (Wildman–Crippen MR) is 62.6 cm³/mol. The maximum atomic E-state index is 8.88. The maximum Gasteiger partial charge on any atom is 0.0834 e. The van der Waals surface area contributed by atoms with Crippen molar-refractivity contribution in [2.24, 2.45) is 5.73 Å². The van der Waals surface area contributed by atoms with Crippen LogP contribution in [0, 0.1) is 11.3 Å². The maximum absolute atomic E-state index is 8.88. The molecule has 0 radical (unpaired) electrons. The van der Waals surface area contributed by atoms with Crippen LogP contribution in [0.1, 0.15) is 37.8 Å². The van der Waals surface area contributed by atoms with Gasteiger partial charge in [0.2, 0.25) is 0 Å². The topological polar surface area (TPSA) is 49.8 Å². The number of nitrogens with zero attached hydrogens (tertiary/aromatic N) is 1. The van der Waals surface area contributed by atoms with E-state index in [1.54, 1.807) is 0 Å². The number of benzene rings is 1. The van der Waals surface area contributed by atoms with Crippen LogP contribution in [0.25, 0.3) is 0 Å². The van der Waals surface area contributed by atoms with E-state index >= 15 is 0 Å². The average molecular weight is 202 g/mol. The zero-order chi connectivity index (χ0) is 11.5. The molecule has 0 aliphatic rings. The first-order chi connectivity index (χ1) is 6.99. The molecule has 80 valence electrons. The van der Waals surface area contributed by atoms with Crippen LogP contribution in [0.15, 0.2) is 24.3 Å². The number of hydrogen-bond acceptors (Lipinski definition) is 2. The largest absolute Gasteiger partial charge is 0.329 e. The molecule has 0 heterocycles. The van der Waals surface area contributed by atoms with Crippen LogP contribution < -0.4 is 5.73 Å². The molecule has 1 rings (SSSR count). The zero-order valence-electron chi connectivity index (χ0n) is 9.62. The van der Waals surface area contributed by atoms with Crippen LogP contribution in [0.4, 0.5) is 0 Å². The lowest BCUT2D eigenvalue weighted by molar-refractivity contribution is 0.590. The summed E-state index contributed by atoms with van der Waals surface area (Å²) >= 11 is 0. The molecule has 0 amide bonds. The summed E-state index contributed by atoms with van der Waals surface area (Å²) in [6.07, 6.45) is 0. The van der Waals surface area contributed by atoms with Gasteiger partial charge >= 0.3 is 0 Å². The van der Waals surface area contributed by atoms with Crippen LogP contribution in [-0.4, -0.2) is 6.54 Å². The second kappa shape index (κ2) is 4.46. The summed E-state index contributed by atoms with van der Waals surface area (Å²) in [6, 6.07) is 10.4. The van der Waals surface area contributed by atoms with E-state index in [0.29, 0.717) is 6.54 Å². The van der Waals surface area contributed by atoms with E-state index in [-0.39, 0.29) is 11.3 Å². The lowest BCUT2D eigenvalue weighted by atomic mass is 9.86. The van der Waals surface area contributed by atoms with Gasteiger partial charge in [-0.05, 0) is 16.5 Å². The second-order valence-electron chi connectivity index (χ2n) is 4.79. The van der Waals surface area contributed by atoms with Gasteiger partial charge in [0.05, 0.1) is 12.0 Å². The van der Waals surface area contributed by atoms with E-state index in [1.807, 2.05) is 12.1 Å². The Bertz CT molecular complexity index is 352. The molecule has 1 aromatic carbocycles. The Kier molecular flexibility index (Phi) is 3.49. The van der Waals surface area contributed by atoms with Gasteiger partial charge in [-0.25, -0.2) is 0 Å². The molecular formula is C13H18N2. The molecule has 1 unspecified atom stereocenters. The minimum atomic E-state index is -0.181. The van der Waals surface area contributed by atoms with E-state index in [0.717, 1.165) is 5.56 Å². The van der Waals surface area contributed by atoms with Crippen molar-refractivity contribution in [1.82, 2.24) is 0 Å². The van der Waals surface area contributed by atoms with Crippen LogP contribution >= 0.6 is 0 Å². The molecule has 0 aliphatic heterocycles. The van der Waals surface area contributed by atoms with Crippen LogP contribution in [-0.2, 0) is 5.41 Å². The molecule has 0 saturated heterocycles. The summed E-state index contributed by atoms with van der Waals surface area (Å²) in [5, 5.41) is 8.88. The molecule has 0 bridgehead atoms. The van der Waals surface area contributed by atoms with Gasteiger partial charge in [-0.2, -0.15) is 5.26 Å². The van der Waals surface area contributed by atoms with E-state index in [1.165, 1.54) is 5.56 Å². The smallest absolute Gasteiger partial charge is 0.0834 e. The molecule has 0 saturated carbocycles. The Morgan fingerprint density at radius 1 is 1.27 bits per heavy atom. The first kappa shape index (κ1) is 11.7. The normalized spacial score (nSPS) is 13.3. The summed E-state index contributed by atoms with van der Waals surface area (Å²) in [5.41, 5.74) is 7.96. The van der Waals surface area contributed by atoms with Gasteiger partial charge in [-0.1, -0.05) is 45.0 Å². The Morgan fingerprint density at radius 2 is 1.80 bits per heavy atom. The van der Waals surface area contributed by atoms with Crippen molar-refractivity contribution < 1.29 is 0 Å². The number of hydrogen-bond donors (Lipinski definition) is 1. The summed E-state index contributed by atoms with van der Waals surface area (Å²) in [5.74, 6) is -0.181. The third-order valence-corrected chi connectivity index (χ3v) is 2.57. The molecule has 0 fully saturated rings. The van der Waals surface area contributed by atoms with Crippen molar-refractivity contribution in [3.05, 3.63) is 35.4 Å². The molecule has 0 aliphatic carbocycles. The fourth-order valence-corrected chi connectivity index (χ4v) is 1.48. The number of nitrogens with two attached hydrogens (primary N) is 1. The highest BCUT2D eigenvalue weighted by Gasteiger charge is 2.14. The van der Waals surface area contributed by atoms with Crippen LogP contribution in [0.5, 0.6) is 0 Å². The van der Waals surface area contributed by atoms with Crippen molar-refractivity contribution in [2.75, 3.05) is 6.54 Å². The quantitative estimate of drug-likeness (QED) is 0.801. The van der Waals surface area contributed by atoms with E-state index < -0.39 is 0 Å². The molecule has 0 spiro atoms. The number of nitriles is 1. The van der Waals surface area contributed by atoms with Gasteiger partial charge in [0.1, 0.15) is 0 Å². The molecule has 0 aromatic heterocycles. The fraction of sp³-hybridized carbons (Fsp3) is 0.462. The highest BCUT2D eigenvalue weighted by atomic mass is 14.5. The number of rotatable bonds is 2. The van der Waals surface area contributed by atoms with Crippen LogP contribution in [0.3, 0.4) is 0 Å². The first-order valence-corrected chi connectivity index (χ1v) is 5.19. The van der Waals surface area contributed by atoms with Gasteiger partial charge in [0.25, 0.3) is 0 Å².